The molecule has 0 fully saturated rings. The summed E-state index contributed by atoms with van der Waals surface area (Å²) in [4.78, 5) is 10.9. The number of rotatable bonds is 6. The molecule has 0 aromatic carbocycles. The van der Waals surface area contributed by atoms with Gasteiger partial charge in [-0.15, -0.1) is 11.3 Å². The average Bonchev–Trinajstić information content (AvgIpc) is 2.86. The van der Waals surface area contributed by atoms with Crippen LogP contribution in [0, 0.1) is 0 Å². The summed E-state index contributed by atoms with van der Waals surface area (Å²) in [6.07, 6.45) is 3.69. The number of hydrogen-bond acceptors (Lipinski definition) is 5. The molecule has 0 saturated heterocycles. The fourth-order valence-electron chi connectivity index (χ4n) is 1.69. The number of pyridine rings is 1. The Morgan fingerprint density at radius 2 is 2.26 bits per heavy atom. The molecule has 2 heterocycles. The SMILES string of the molecule is CC(C)NCc1csc(N(C)Cc2cccnc2)n1. The molecule has 0 spiro atoms. The molecule has 0 bridgehead atoms. The minimum atomic E-state index is 0.485. The second-order valence-electron chi connectivity index (χ2n) is 4.87. The number of thiazole rings is 1. The van der Waals surface area contributed by atoms with Gasteiger partial charge in [-0.1, -0.05) is 19.9 Å². The van der Waals surface area contributed by atoms with Crippen molar-refractivity contribution in [3.8, 4) is 0 Å². The third-order valence-electron chi connectivity index (χ3n) is 2.70. The molecule has 2 rings (SSSR count). The Morgan fingerprint density at radius 1 is 1.42 bits per heavy atom. The number of nitrogens with one attached hydrogen (secondary N) is 1. The summed E-state index contributed by atoms with van der Waals surface area (Å²) in [5, 5.41) is 6.54. The molecule has 102 valence electrons. The zero-order valence-corrected chi connectivity index (χ0v) is 12.4. The summed E-state index contributed by atoms with van der Waals surface area (Å²) in [5.74, 6) is 0. The van der Waals surface area contributed by atoms with Gasteiger partial charge >= 0.3 is 0 Å². The van der Waals surface area contributed by atoms with Crippen molar-refractivity contribution >= 4 is 16.5 Å². The van der Waals surface area contributed by atoms with Crippen LogP contribution >= 0.6 is 11.3 Å². The average molecular weight is 276 g/mol. The first-order valence-electron chi connectivity index (χ1n) is 6.43. The van der Waals surface area contributed by atoms with E-state index in [9.17, 15) is 0 Å². The van der Waals surface area contributed by atoms with E-state index in [1.807, 2.05) is 12.3 Å². The van der Waals surface area contributed by atoms with E-state index in [1.165, 1.54) is 5.56 Å². The molecule has 0 unspecified atom stereocenters. The Morgan fingerprint density at radius 3 is 2.95 bits per heavy atom. The van der Waals surface area contributed by atoms with E-state index in [-0.39, 0.29) is 0 Å². The second kappa shape index (κ2) is 6.63. The highest BCUT2D eigenvalue weighted by atomic mass is 32.1. The van der Waals surface area contributed by atoms with Crippen molar-refractivity contribution in [1.82, 2.24) is 15.3 Å². The number of anilines is 1. The molecule has 0 atom stereocenters. The van der Waals surface area contributed by atoms with Crippen molar-refractivity contribution in [1.29, 1.82) is 0 Å². The first-order chi connectivity index (χ1) is 9.15. The molecule has 1 N–H and O–H groups in total. The van der Waals surface area contributed by atoms with Crippen LogP contribution in [0.2, 0.25) is 0 Å². The Hall–Kier alpha value is -1.46. The summed E-state index contributed by atoms with van der Waals surface area (Å²) in [6.45, 7) is 5.94. The molecule has 5 heteroatoms. The monoisotopic (exact) mass is 276 g/mol. The van der Waals surface area contributed by atoms with E-state index in [2.05, 4.69) is 52.5 Å². The van der Waals surface area contributed by atoms with E-state index in [0.717, 1.165) is 23.9 Å². The van der Waals surface area contributed by atoms with Crippen molar-refractivity contribution in [2.24, 2.45) is 0 Å². The van der Waals surface area contributed by atoms with Crippen LogP contribution in [0.15, 0.2) is 29.9 Å². The van der Waals surface area contributed by atoms with Gasteiger partial charge < -0.3 is 10.2 Å². The van der Waals surface area contributed by atoms with Gasteiger partial charge in [-0.25, -0.2) is 4.98 Å². The minimum absolute atomic E-state index is 0.485. The van der Waals surface area contributed by atoms with Crippen molar-refractivity contribution in [3.05, 3.63) is 41.2 Å². The first-order valence-corrected chi connectivity index (χ1v) is 7.31. The number of hydrogen-bond donors (Lipinski definition) is 1. The normalized spacial score (nSPS) is 10.9. The fraction of sp³-hybridized carbons (Fsp3) is 0.429. The van der Waals surface area contributed by atoms with Gasteiger partial charge in [0.15, 0.2) is 5.13 Å². The fourth-order valence-corrected chi connectivity index (χ4v) is 2.49. The molecule has 0 aliphatic heterocycles. The maximum absolute atomic E-state index is 4.64. The molecule has 4 nitrogen and oxygen atoms in total. The lowest BCUT2D eigenvalue weighted by Gasteiger charge is -2.15. The first kappa shape index (κ1) is 14.0. The zero-order chi connectivity index (χ0) is 13.7. The standard InChI is InChI=1S/C14H20N4S/c1-11(2)16-8-13-10-19-14(17-13)18(3)9-12-5-4-6-15-7-12/h4-7,10-11,16H,8-9H2,1-3H3. The molecule has 0 amide bonds. The van der Waals surface area contributed by atoms with E-state index in [0.29, 0.717) is 6.04 Å². The van der Waals surface area contributed by atoms with Crippen molar-refractivity contribution in [2.75, 3.05) is 11.9 Å². The van der Waals surface area contributed by atoms with Gasteiger partial charge in [0, 0.05) is 44.0 Å². The molecular formula is C14H20N4S. The zero-order valence-electron chi connectivity index (χ0n) is 11.6. The third kappa shape index (κ3) is 4.29. The van der Waals surface area contributed by atoms with Gasteiger partial charge in [0.2, 0.25) is 0 Å². The summed E-state index contributed by atoms with van der Waals surface area (Å²) in [5.41, 5.74) is 2.30. The van der Waals surface area contributed by atoms with Gasteiger partial charge in [-0.2, -0.15) is 0 Å². The summed E-state index contributed by atoms with van der Waals surface area (Å²) in [6, 6.07) is 4.53. The minimum Gasteiger partial charge on any atom is -0.347 e. The predicted molar refractivity (Wildman–Crippen MR) is 80.4 cm³/mol. The van der Waals surface area contributed by atoms with Gasteiger partial charge in [0.1, 0.15) is 0 Å². The van der Waals surface area contributed by atoms with Gasteiger partial charge in [0.25, 0.3) is 0 Å². The molecule has 0 aliphatic carbocycles. The summed E-state index contributed by atoms with van der Waals surface area (Å²) >= 11 is 1.68. The number of nitrogens with zero attached hydrogens (tertiary/aromatic N) is 3. The van der Waals surface area contributed by atoms with Gasteiger partial charge in [-0.05, 0) is 11.6 Å². The van der Waals surface area contributed by atoms with Crippen LogP contribution in [-0.4, -0.2) is 23.1 Å². The largest absolute Gasteiger partial charge is 0.347 e. The van der Waals surface area contributed by atoms with Crippen LogP contribution in [0.4, 0.5) is 5.13 Å². The second-order valence-corrected chi connectivity index (χ2v) is 5.71. The molecule has 0 saturated carbocycles. The highest BCUT2D eigenvalue weighted by Crippen LogP contribution is 2.20. The molecule has 19 heavy (non-hydrogen) atoms. The Balaban J connectivity index is 1.94. The number of aromatic nitrogens is 2. The topological polar surface area (TPSA) is 41.0 Å². The highest BCUT2D eigenvalue weighted by Gasteiger charge is 2.08. The van der Waals surface area contributed by atoms with Crippen LogP contribution in [0.3, 0.4) is 0 Å². The van der Waals surface area contributed by atoms with Crippen LogP contribution in [0.1, 0.15) is 25.1 Å². The van der Waals surface area contributed by atoms with Crippen LogP contribution in [0.5, 0.6) is 0 Å². The van der Waals surface area contributed by atoms with E-state index >= 15 is 0 Å². The van der Waals surface area contributed by atoms with Crippen molar-refractivity contribution in [3.63, 3.8) is 0 Å². The van der Waals surface area contributed by atoms with Crippen molar-refractivity contribution < 1.29 is 0 Å². The van der Waals surface area contributed by atoms with Gasteiger partial charge in [-0.3, -0.25) is 4.98 Å². The molecular weight excluding hydrogens is 256 g/mol. The Labute approximate surface area is 118 Å². The lowest BCUT2D eigenvalue weighted by Crippen LogP contribution is -2.22. The summed E-state index contributed by atoms with van der Waals surface area (Å²) in [7, 11) is 2.06. The third-order valence-corrected chi connectivity index (χ3v) is 3.70. The van der Waals surface area contributed by atoms with Gasteiger partial charge in [0.05, 0.1) is 5.69 Å². The van der Waals surface area contributed by atoms with E-state index in [4.69, 9.17) is 0 Å². The lowest BCUT2D eigenvalue weighted by molar-refractivity contribution is 0.583. The quantitative estimate of drug-likeness (QED) is 0.880. The highest BCUT2D eigenvalue weighted by molar-refractivity contribution is 7.13. The van der Waals surface area contributed by atoms with E-state index < -0.39 is 0 Å². The smallest absolute Gasteiger partial charge is 0.185 e. The predicted octanol–water partition coefficient (Wildman–Crippen LogP) is 2.67. The molecule has 2 aromatic heterocycles. The van der Waals surface area contributed by atoms with Crippen LogP contribution < -0.4 is 10.2 Å². The Kier molecular flexibility index (Phi) is 4.87. The van der Waals surface area contributed by atoms with Crippen LogP contribution in [-0.2, 0) is 13.1 Å². The maximum atomic E-state index is 4.64. The maximum Gasteiger partial charge on any atom is 0.185 e. The Bertz CT molecular complexity index is 495. The van der Waals surface area contributed by atoms with Crippen molar-refractivity contribution in [2.45, 2.75) is 33.0 Å². The lowest BCUT2D eigenvalue weighted by atomic mass is 10.3. The molecule has 0 radical (unpaired) electrons. The van der Waals surface area contributed by atoms with Crippen LogP contribution in [0.25, 0.3) is 0 Å². The molecule has 2 aromatic rings. The summed E-state index contributed by atoms with van der Waals surface area (Å²) < 4.78 is 0. The molecule has 0 aliphatic rings. The van der Waals surface area contributed by atoms with E-state index in [1.54, 1.807) is 17.5 Å².